The van der Waals surface area contributed by atoms with E-state index in [0.717, 1.165) is 0 Å². The molecule has 0 radical (unpaired) electrons. The fourth-order valence-electron chi connectivity index (χ4n) is 2.79. The van der Waals surface area contributed by atoms with Crippen molar-refractivity contribution < 1.29 is 29.9 Å². The molecular formula is C12H23NO6. The molecule has 112 valence electrons. The number of fused-ring (bicyclic) bond motifs is 3. The molecule has 0 spiro atoms. The Morgan fingerprint density at radius 1 is 1.26 bits per heavy atom. The van der Waals surface area contributed by atoms with Gasteiger partial charge in [0.25, 0.3) is 0 Å². The smallest absolute Gasteiger partial charge is 0.197 e. The van der Waals surface area contributed by atoms with Gasteiger partial charge in [-0.25, -0.2) is 0 Å². The van der Waals surface area contributed by atoms with E-state index in [-0.39, 0.29) is 12.8 Å². The SMILES string of the molecule is CN(C)CCOC12CCC(O)(C(CO)O1)C(O)C2O. The summed E-state index contributed by atoms with van der Waals surface area (Å²) in [5.41, 5.74) is -1.61. The maximum atomic E-state index is 10.3. The van der Waals surface area contributed by atoms with Gasteiger partial charge in [0.15, 0.2) is 5.79 Å². The highest BCUT2D eigenvalue weighted by Gasteiger charge is 2.65. The van der Waals surface area contributed by atoms with Crippen LogP contribution in [0.25, 0.3) is 0 Å². The lowest BCUT2D eigenvalue weighted by atomic mass is 9.70. The number of ether oxygens (including phenoxy) is 2. The largest absolute Gasteiger partial charge is 0.394 e. The van der Waals surface area contributed by atoms with Crippen molar-refractivity contribution in [2.75, 3.05) is 33.9 Å². The first-order chi connectivity index (χ1) is 8.85. The summed E-state index contributed by atoms with van der Waals surface area (Å²) in [5, 5.41) is 39.7. The molecule has 3 fully saturated rings. The van der Waals surface area contributed by atoms with Crippen molar-refractivity contribution in [2.45, 2.75) is 42.5 Å². The summed E-state index contributed by atoms with van der Waals surface area (Å²) in [5.74, 6) is -1.34. The van der Waals surface area contributed by atoms with E-state index < -0.39 is 36.3 Å². The molecule has 0 amide bonds. The first kappa shape index (κ1) is 15.1. The summed E-state index contributed by atoms with van der Waals surface area (Å²) in [6, 6.07) is 0. The van der Waals surface area contributed by atoms with Crippen LogP contribution in [0.15, 0.2) is 0 Å². The van der Waals surface area contributed by atoms with Crippen molar-refractivity contribution in [2.24, 2.45) is 0 Å². The molecule has 0 aromatic rings. The van der Waals surface area contributed by atoms with Crippen LogP contribution in [0.4, 0.5) is 0 Å². The molecule has 3 aliphatic rings. The lowest BCUT2D eigenvalue weighted by Crippen LogP contribution is -2.76. The summed E-state index contributed by atoms with van der Waals surface area (Å²) in [6.45, 7) is 0.536. The van der Waals surface area contributed by atoms with E-state index in [1.807, 2.05) is 19.0 Å². The Balaban J connectivity index is 2.11. The molecule has 7 nitrogen and oxygen atoms in total. The Morgan fingerprint density at radius 3 is 2.53 bits per heavy atom. The van der Waals surface area contributed by atoms with Gasteiger partial charge in [0.1, 0.15) is 23.9 Å². The summed E-state index contributed by atoms with van der Waals surface area (Å²) in [6.07, 6.45) is -3.15. The van der Waals surface area contributed by atoms with Crippen LogP contribution in [-0.2, 0) is 9.47 Å². The molecule has 1 aliphatic carbocycles. The minimum atomic E-state index is -1.61. The molecule has 0 aromatic heterocycles. The second-order valence-electron chi connectivity index (χ2n) is 5.63. The zero-order chi connectivity index (χ0) is 14.3. The van der Waals surface area contributed by atoms with Gasteiger partial charge in [-0.3, -0.25) is 0 Å². The van der Waals surface area contributed by atoms with Crippen LogP contribution in [0.1, 0.15) is 12.8 Å². The van der Waals surface area contributed by atoms with Crippen LogP contribution in [0.3, 0.4) is 0 Å². The molecule has 5 unspecified atom stereocenters. The topological polar surface area (TPSA) is 103 Å². The third-order valence-electron chi connectivity index (χ3n) is 4.09. The molecule has 4 N–H and O–H groups in total. The number of rotatable bonds is 5. The van der Waals surface area contributed by atoms with Crippen molar-refractivity contribution in [3.8, 4) is 0 Å². The molecule has 3 rings (SSSR count). The fourth-order valence-corrected chi connectivity index (χ4v) is 2.79. The average molecular weight is 277 g/mol. The maximum absolute atomic E-state index is 10.3. The minimum Gasteiger partial charge on any atom is -0.394 e. The minimum absolute atomic E-state index is 0.221. The van der Waals surface area contributed by atoms with Gasteiger partial charge >= 0.3 is 0 Å². The Hall–Kier alpha value is -0.280. The van der Waals surface area contributed by atoms with Crippen molar-refractivity contribution in [1.29, 1.82) is 0 Å². The summed E-state index contributed by atoms with van der Waals surface area (Å²) < 4.78 is 11.2. The normalized spacial score (nSPS) is 45.9. The monoisotopic (exact) mass is 277 g/mol. The Kier molecular flexibility index (Phi) is 4.18. The first-order valence-electron chi connectivity index (χ1n) is 6.51. The van der Waals surface area contributed by atoms with Gasteiger partial charge in [-0.05, 0) is 20.5 Å². The molecule has 1 saturated carbocycles. The number of likely N-dealkylation sites (N-methyl/N-ethyl adjacent to an activating group) is 1. The highest BCUT2D eigenvalue weighted by molar-refractivity contribution is 5.11. The Labute approximate surface area is 112 Å². The van der Waals surface area contributed by atoms with E-state index in [4.69, 9.17) is 9.47 Å². The van der Waals surface area contributed by atoms with Crippen LogP contribution in [0, 0.1) is 0 Å². The van der Waals surface area contributed by atoms with E-state index in [0.29, 0.717) is 13.2 Å². The highest BCUT2D eigenvalue weighted by Crippen LogP contribution is 2.47. The first-order valence-corrected chi connectivity index (χ1v) is 6.51. The number of hydrogen-bond acceptors (Lipinski definition) is 7. The van der Waals surface area contributed by atoms with E-state index in [9.17, 15) is 20.4 Å². The second kappa shape index (κ2) is 5.25. The Bertz CT molecular complexity index is 323. The molecule has 2 bridgehead atoms. The zero-order valence-corrected chi connectivity index (χ0v) is 11.3. The lowest BCUT2D eigenvalue weighted by molar-refractivity contribution is -0.417. The van der Waals surface area contributed by atoms with Gasteiger partial charge in [0.05, 0.1) is 13.2 Å². The predicted octanol–water partition coefficient (Wildman–Crippen LogP) is -2.10. The maximum Gasteiger partial charge on any atom is 0.197 e. The number of hydrogen-bond donors (Lipinski definition) is 4. The second-order valence-corrected chi connectivity index (χ2v) is 5.63. The quantitative estimate of drug-likeness (QED) is 0.456. The molecule has 7 heteroatoms. The average Bonchev–Trinajstić information content (AvgIpc) is 2.37. The summed E-state index contributed by atoms with van der Waals surface area (Å²) >= 11 is 0. The van der Waals surface area contributed by atoms with Crippen LogP contribution in [-0.4, -0.2) is 88.9 Å². The third-order valence-corrected chi connectivity index (χ3v) is 4.09. The van der Waals surface area contributed by atoms with Crippen molar-refractivity contribution in [3.63, 3.8) is 0 Å². The molecule has 2 heterocycles. The van der Waals surface area contributed by atoms with Crippen LogP contribution in [0.5, 0.6) is 0 Å². The van der Waals surface area contributed by atoms with Gasteiger partial charge in [0.2, 0.25) is 0 Å². The fraction of sp³-hybridized carbons (Fsp3) is 1.00. The van der Waals surface area contributed by atoms with Crippen LogP contribution >= 0.6 is 0 Å². The Morgan fingerprint density at radius 2 is 1.95 bits per heavy atom. The number of aliphatic hydroxyl groups excluding tert-OH is 3. The van der Waals surface area contributed by atoms with Gasteiger partial charge < -0.3 is 34.8 Å². The predicted molar refractivity (Wildman–Crippen MR) is 65.4 cm³/mol. The van der Waals surface area contributed by atoms with Crippen molar-refractivity contribution >= 4 is 0 Å². The van der Waals surface area contributed by atoms with Crippen LogP contribution in [0.2, 0.25) is 0 Å². The van der Waals surface area contributed by atoms with E-state index in [1.165, 1.54) is 0 Å². The van der Waals surface area contributed by atoms with Gasteiger partial charge in [-0.1, -0.05) is 0 Å². The number of nitrogens with zero attached hydrogens (tertiary/aromatic N) is 1. The number of aliphatic hydroxyl groups is 4. The molecular weight excluding hydrogens is 254 g/mol. The molecule has 0 aromatic carbocycles. The van der Waals surface area contributed by atoms with Crippen molar-refractivity contribution in [3.05, 3.63) is 0 Å². The highest BCUT2D eigenvalue weighted by atomic mass is 16.7. The van der Waals surface area contributed by atoms with E-state index in [2.05, 4.69) is 0 Å². The van der Waals surface area contributed by atoms with Crippen LogP contribution < -0.4 is 0 Å². The third kappa shape index (κ3) is 2.40. The van der Waals surface area contributed by atoms with E-state index >= 15 is 0 Å². The lowest BCUT2D eigenvalue weighted by Gasteiger charge is -2.58. The van der Waals surface area contributed by atoms with Gasteiger partial charge in [-0.2, -0.15) is 0 Å². The zero-order valence-electron chi connectivity index (χ0n) is 11.3. The van der Waals surface area contributed by atoms with Gasteiger partial charge in [-0.15, -0.1) is 0 Å². The van der Waals surface area contributed by atoms with Gasteiger partial charge in [0, 0.05) is 13.0 Å². The molecule has 19 heavy (non-hydrogen) atoms. The van der Waals surface area contributed by atoms with Crippen molar-refractivity contribution in [1.82, 2.24) is 4.90 Å². The summed E-state index contributed by atoms with van der Waals surface area (Å²) in [7, 11) is 3.79. The van der Waals surface area contributed by atoms with E-state index in [1.54, 1.807) is 0 Å². The molecule has 2 aliphatic heterocycles. The molecule has 2 saturated heterocycles. The standard InChI is InChI=1S/C12H23NO6/c1-13(2)5-6-18-12-4-3-11(17,8(7-14)19-12)9(15)10(12)16/h8-10,14-17H,3-7H2,1-2H3. The molecule has 5 atom stereocenters. The summed E-state index contributed by atoms with van der Waals surface area (Å²) in [4.78, 5) is 1.92.